The third-order valence-electron chi connectivity index (χ3n) is 6.60. The molecule has 4 saturated heterocycles. The largest absolute Gasteiger partial charge is 0.467 e. The van der Waals surface area contributed by atoms with Gasteiger partial charge in [-0.1, -0.05) is 0 Å². The number of hydrogen-bond donors (Lipinski definition) is 2. The lowest BCUT2D eigenvalue weighted by atomic mass is 9.75. The normalized spacial score (nSPS) is 31.7. The minimum atomic E-state index is 0.621. The van der Waals surface area contributed by atoms with Gasteiger partial charge in [-0.05, 0) is 62.6 Å². The standard InChI is InChI=1S/C20H33N5OS/c1-23-6-8-24(9-7-23)14-17-15-25-5-4-16(17)11-18(25)12-21-20(27)22-13-19-3-2-10-26-19/h2-3,10,16-18H,4-9,11-15H2,1H3,(H2,21,22,27)/t16-,17+,18+/m0/s1. The van der Waals surface area contributed by atoms with Gasteiger partial charge >= 0.3 is 0 Å². The first-order valence-electron chi connectivity index (χ1n) is 10.4. The number of nitrogens with zero attached hydrogens (tertiary/aromatic N) is 3. The van der Waals surface area contributed by atoms with E-state index in [2.05, 4.69) is 32.4 Å². The van der Waals surface area contributed by atoms with Gasteiger partial charge in [-0.15, -0.1) is 0 Å². The van der Waals surface area contributed by atoms with Crippen LogP contribution in [0.15, 0.2) is 22.8 Å². The molecule has 4 aliphatic heterocycles. The Balaban J connectivity index is 1.19. The summed E-state index contributed by atoms with van der Waals surface area (Å²) >= 11 is 5.43. The van der Waals surface area contributed by atoms with E-state index < -0.39 is 0 Å². The second-order valence-corrected chi connectivity index (χ2v) is 8.85. The van der Waals surface area contributed by atoms with Crippen molar-refractivity contribution in [3.63, 3.8) is 0 Å². The maximum absolute atomic E-state index is 5.43. The fraction of sp³-hybridized carbons (Fsp3) is 0.750. The Labute approximate surface area is 168 Å². The van der Waals surface area contributed by atoms with Crippen molar-refractivity contribution in [2.45, 2.75) is 25.4 Å². The molecule has 0 amide bonds. The number of piperazine rings is 1. The first-order valence-corrected chi connectivity index (χ1v) is 10.8. The molecule has 0 saturated carbocycles. The van der Waals surface area contributed by atoms with E-state index in [-0.39, 0.29) is 0 Å². The van der Waals surface area contributed by atoms with Crippen LogP contribution in [0.2, 0.25) is 0 Å². The van der Waals surface area contributed by atoms with E-state index in [0.29, 0.717) is 12.6 Å². The summed E-state index contributed by atoms with van der Waals surface area (Å²) in [5.41, 5.74) is 0. The average molecular weight is 392 g/mol. The highest BCUT2D eigenvalue weighted by molar-refractivity contribution is 7.80. The van der Waals surface area contributed by atoms with E-state index in [1.807, 2.05) is 12.1 Å². The number of rotatable bonds is 6. The van der Waals surface area contributed by atoms with Crippen LogP contribution in [-0.2, 0) is 6.54 Å². The molecule has 0 spiro atoms. The van der Waals surface area contributed by atoms with Gasteiger partial charge in [-0.25, -0.2) is 0 Å². The van der Waals surface area contributed by atoms with E-state index in [9.17, 15) is 0 Å². The summed E-state index contributed by atoms with van der Waals surface area (Å²) < 4.78 is 5.33. The minimum Gasteiger partial charge on any atom is -0.467 e. The topological polar surface area (TPSA) is 46.9 Å². The Morgan fingerprint density at radius 3 is 2.78 bits per heavy atom. The maximum atomic E-state index is 5.43. The molecule has 0 aliphatic carbocycles. The lowest BCUT2D eigenvalue weighted by Crippen LogP contribution is -2.59. The third kappa shape index (κ3) is 5.02. The molecule has 150 valence electrons. The monoisotopic (exact) mass is 391 g/mol. The zero-order valence-corrected chi connectivity index (χ0v) is 17.2. The molecule has 1 aromatic heterocycles. The van der Waals surface area contributed by atoms with Gasteiger partial charge in [0, 0.05) is 51.9 Å². The summed E-state index contributed by atoms with van der Waals surface area (Å²) in [6, 6.07) is 4.48. The van der Waals surface area contributed by atoms with Crippen molar-refractivity contribution >= 4 is 17.3 Å². The Morgan fingerprint density at radius 1 is 1.22 bits per heavy atom. The Morgan fingerprint density at radius 2 is 2.07 bits per heavy atom. The Bertz CT molecular complexity index is 602. The molecule has 7 heteroatoms. The number of likely N-dealkylation sites (N-methyl/N-ethyl adjacent to an activating group) is 1. The first-order chi connectivity index (χ1) is 13.2. The van der Waals surface area contributed by atoms with E-state index in [4.69, 9.17) is 16.6 Å². The highest BCUT2D eigenvalue weighted by Gasteiger charge is 2.40. The van der Waals surface area contributed by atoms with Crippen molar-refractivity contribution in [2.24, 2.45) is 11.8 Å². The lowest BCUT2D eigenvalue weighted by Gasteiger charge is -2.51. The van der Waals surface area contributed by atoms with E-state index in [0.717, 1.165) is 29.3 Å². The van der Waals surface area contributed by atoms with Crippen LogP contribution in [0.5, 0.6) is 0 Å². The number of furan rings is 1. The van der Waals surface area contributed by atoms with Crippen molar-refractivity contribution in [3.05, 3.63) is 24.2 Å². The zero-order chi connectivity index (χ0) is 18.6. The fourth-order valence-corrected chi connectivity index (χ4v) is 5.04. The van der Waals surface area contributed by atoms with Crippen LogP contribution in [0.4, 0.5) is 0 Å². The smallest absolute Gasteiger partial charge is 0.166 e. The van der Waals surface area contributed by atoms with Crippen molar-refractivity contribution in [2.75, 3.05) is 59.4 Å². The first kappa shape index (κ1) is 19.2. The summed E-state index contributed by atoms with van der Waals surface area (Å²) in [7, 11) is 2.23. The second-order valence-electron chi connectivity index (χ2n) is 8.44. The van der Waals surface area contributed by atoms with Gasteiger partial charge in [0.15, 0.2) is 5.11 Å². The van der Waals surface area contributed by atoms with Crippen LogP contribution in [-0.4, -0.2) is 85.3 Å². The average Bonchev–Trinajstić information content (AvgIpc) is 3.21. The molecule has 2 bridgehead atoms. The molecule has 4 atom stereocenters. The van der Waals surface area contributed by atoms with E-state index in [1.54, 1.807) is 6.26 Å². The molecule has 6 nitrogen and oxygen atoms in total. The van der Waals surface area contributed by atoms with Gasteiger partial charge in [0.25, 0.3) is 0 Å². The summed E-state index contributed by atoms with van der Waals surface area (Å²) in [6.45, 7) is 10.3. The van der Waals surface area contributed by atoms with E-state index in [1.165, 1.54) is 58.7 Å². The molecule has 2 N–H and O–H groups in total. The summed E-state index contributed by atoms with van der Waals surface area (Å²) in [4.78, 5) is 7.83. The van der Waals surface area contributed by atoms with Gasteiger partial charge in [-0.3, -0.25) is 4.90 Å². The molecular weight excluding hydrogens is 358 g/mol. The number of fused-ring (bicyclic) bond motifs is 3. The quantitative estimate of drug-likeness (QED) is 0.707. The van der Waals surface area contributed by atoms with E-state index >= 15 is 0 Å². The van der Waals surface area contributed by atoms with Crippen LogP contribution in [0.1, 0.15) is 18.6 Å². The molecule has 1 unspecified atom stereocenters. The minimum absolute atomic E-state index is 0.621. The number of nitrogens with one attached hydrogen (secondary N) is 2. The van der Waals surface area contributed by atoms with Crippen LogP contribution in [0.25, 0.3) is 0 Å². The van der Waals surface area contributed by atoms with Crippen LogP contribution in [0, 0.1) is 11.8 Å². The SMILES string of the molecule is CN1CCN(C[C@@H]2CN3CC[C@H]2C[C@@H]3CNC(=S)NCc2ccco2)CC1. The molecular formula is C20H33N5OS. The fourth-order valence-electron chi connectivity index (χ4n) is 4.88. The molecule has 1 aromatic rings. The van der Waals surface area contributed by atoms with Crippen molar-refractivity contribution in [1.82, 2.24) is 25.3 Å². The van der Waals surface area contributed by atoms with Gasteiger partial charge in [0.1, 0.15) is 5.76 Å². The van der Waals surface area contributed by atoms with Gasteiger partial charge < -0.3 is 24.9 Å². The second kappa shape index (κ2) is 8.90. The van der Waals surface area contributed by atoms with Crippen LogP contribution < -0.4 is 10.6 Å². The molecule has 0 radical (unpaired) electrons. The van der Waals surface area contributed by atoms with Gasteiger partial charge in [-0.2, -0.15) is 0 Å². The zero-order valence-electron chi connectivity index (χ0n) is 16.4. The van der Waals surface area contributed by atoms with Crippen LogP contribution >= 0.6 is 12.2 Å². The highest BCUT2D eigenvalue weighted by atomic mass is 32.1. The van der Waals surface area contributed by atoms with Crippen LogP contribution in [0.3, 0.4) is 0 Å². The third-order valence-corrected chi connectivity index (χ3v) is 6.89. The summed E-state index contributed by atoms with van der Waals surface area (Å²) in [5.74, 6) is 2.64. The Hall–Kier alpha value is -1.15. The molecule has 5 heterocycles. The van der Waals surface area contributed by atoms with Crippen molar-refractivity contribution in [1.29, 1.82) is 0 Å². The predicted octanol–water partition coefficient (Wildman–Crippen LogP) is 1.20. The molecule has 27 heavy (non-hydrogen) atoms. The predicted molar refractivity (Wildman–Crippen MR) is 112 cm³/mol. The Kier molecular flexibility index (Phi) is 6.32. The maximum Gasteiger partial charge on any atom is 0.166 e. The molecule has 0 aromatic carbocycles. The van der Waals surface area contributed by atoms with Crippen molar-refractivity contribution < 1.29 is 4.42 Å². The van der Waals surface area contributed by atoms with Gasteiger partial charge in [0.2, 0.25) is 0 Å². The van der Waals surface area contributed by atoms with Crippen molar-refractivity contribution in [3.8, 4) is 0 Å². The number of hydrogen-bond acceptors (Lipinski definition) is 5. The highest BCUT2D eigenvalue weighted by Crippen LogP contribution is 2.36. The summed E-state index contributed by atoms with van der Waals surface area (Å²) in [5, 5.41) is 7.38. The number of thiocarbonyl (C=S) groups is 1. The number of piperidine rings is 3. The van der Waals surface area contributed by atoms with Gasteiger partial charge in [0.05, 0.1) is 12.8 Å². The molecule has 4 aliphatic rings. The summed E-state index contributed by atoms with van der Waals surface area (Å²) in [6.07, 6.45) is 4.38. The molecule has 4 fully saturated rings. The molecule has 5 rings (SSSR count). The lowest BCUT2D eigenvalue weighted by molar-refractivity contribution is -0.0152.